The fourth-order valence-electron chi connectivity index (χ4n) is 2.51. The van der Waals surface area contributed by atoms with Crippen LogP contribution in [0.25, 0.3) is 10.2 Å². The molecule has 0 saturated heterocycles. The van der Waals surface area contributed by atoms with E-state index in [0.29, 0.717) is 39.6 Å². The lowest BCUT2D eigenvalue weighted by atomic mass is 10.2. The minimum absolute atomic E-state index is 0.163. The molecule has 0 fully saturated rings. The maximum atomic E-state index is 12.6. The molecule has 3 aromatic heterocycles. The maximum absolute atomic E-state index is 12.6. The van der Waals surface area contributed by atoms with Crippen molar-refractivity contribution in [2.24, 2.45) is 0 Å². The van der Waals surface area contributed by atoms with Gasteiger partial charge < -0.3 is 10.1 Å². The summed E-state index contributed by atoms with van der Waals surface area (Å²) in [6.07, 6.45) is 1.49. The summed E-state index contributed by atoms with van der Waals surface area (Å²) in [5.74, 6) is 0.189. The van der Waals surface area contributed by atoms with E-state index in [0.717, 1.165) is 5.69 Å². The molecule has 0 aliphatic carbocycles. The molecule has 0 saturated carbocycles. The van der Waals surface area contributed by atoms with Crippen molar-refractivity contribution in [2.45, 2.75) is 20.4 Å². The number of hydrogen-bond donors (Lipinski definition) is 1. The number of thiophene rings is 1. The lowest BCUT2D eigenvalue weighted by molar-refractivity contribution is 0.102. The molecule has 8 heteroatoms. The quantitative estimate of drug-likeness (QED) is 0.757. The summed E-state index contributed by atoms with van der Waals surface area (Å²) in [5.41, 5.74) is 1.28. The second kappa shape index (κ2) is 7.12. The molecule has 3 aromatic rings. The van der Waals surface area contributed by atoms with Crippen molar-refractivity contribution in [2.75, 3.05) is 19.0 Å². The number of methoxy groups -OCH3 is 1. The van der Waals surface area contributed by atoms with Crippen LogP contribution in [-0.4, -0.2) is 34.2 Å². The van der Waals surface area contributed by atoms with Gasteiger partial charge in [-0.1, -0.05) is 6.07 Å². The van der Waals surface area contributed by atoms with Crippen LogP contribution in [0.3, 0.4) is 0 Å². The van der Waals surface area contributed by atoms with Gasteiger partial charge in [-0.2, -0.15) is 0 Å². The molecule has 3 rings (SSSR count). The lowest BCUT2D eigenvalue weighted by Crippen LogP contribution is -2.22. The summed E-state index contributed by atoms with van der Waals surface area (Å²) in [6, 6.07) is 5.40. The fourth-order valence-corrected chi connectivity index (χ4v) is 3.54. The molecule has 0 radical (unpaired) electrons. The third-order valence-electron chi connectivity index (χ3n) is 3.79. The van der Waals surface area contributed by atoms with Crippen molar-refractivity contribution in [3.8, 4) is 0 Å². The number of carbonyl (C=O) groups is 1. The number of pyridine rings is 1. The SMILES string of the molecule is COCCn1cnc2sc(C(=O)Nc3cccc(C)n3)c(C)c2c1=O. The number of amides is 1. The number of anilines is 1. The van der Waals surface area contributed by atoms with Crippen molar-refractivity contribution in [3.05, 3.63) is 51.0 Å². The summed E-state index contributed by atoms with van der Waals surface area (Å²) < 4.78 is 6.50. The highest BCUT2D eigenvalue weighted by Crippen LogP contribution is 2.27. The van der Waals surface area contributed by atoms with Crippen molar-refractivity contribution in [1.82, 2.24) is 14.5 Å². The minimum atomic E-state index is -0.290. The molecule has 0 aliphatic rings. The highest BCUT2D eigenvalue weighted by Gasteiger charge is 2.19. The normalized spacial score (nSPS) is 11.0. The van der Waals surface area contributed by atoms with Gasteiger partial charge in [0.25, 0.3) is 11.5 Å². The third kappa shape index (κ3) is 3.45. The third-order valence-corrected chi connectivity index (χ3v) is 4.99. The molecule has 0 atom stereocenters. The zero-order valence-corrected chi connectivity index (χ0v) is 15.0. The summed E-state index contributed by atoms with van der Waals surface area (Å²) in [7, 11) is 1.58. The monoisotopic (exact) mass is 358 g/mol. The number of aryl methyl sites for hydroxylation is 2. The molecule has 130 valence electrons. The molecule has 0 spiro atoms. The average Bonchev–Trinajstić information content (AvgIpc) is 2.92. The molecular weight excluding hydrogens is 340 g/mol. The minimum Gasteiger partial charge on any atom is -0.383 e. The van der Waals surface area contributed by atoms with Gasteiger partial charge in [0, 0.05) is 12.8 Å². The number of nitrogens with zero attached hydrogens (tertiary/aromatic N) is 3. The highest BCUT2D eigenvalue weighted by atomic mass is 32.1. The molecule has 0 unspecified atom stereocenters. The van der Waals surface area contributed by atoms with Gasteiger partial charge in [-0.25, -0.2) is 9.97 Å². The van der Waals surface area contributed by atoms with Crippen LogP contribution < -0.4 is 10.9 Å². The van der Waals surface area contributed by atoms with E-state index in [-0.39, 0.29) is 11.5 Å². The molecular formula is C17H18N4O3S. The Balaban J connectivity index is 1.97. The van der Waals surface area contributed by atoms with Crippen LogP contribution in [0.1, 0.15) is 20.9 Å². The molecule has 25 heavy (non-hydrogen) atoms. The first-order valence-electron chi connectivity index (χ1n) is 7.73. The van der Waals surface area contributed by atoms with Gasteiger partial charge in [-0.05, 0) is 31.5 Å². The second-order valence-corrected chi connectivity index (χ2v) is 6.59. The van der Waals surface area contributed by atoms with Gasteiger partial charge >= 0.3 is 0 Å². The smallest absolute Gasteiger partial charge is 0.267 e. The van der Waals surface area contributed by atoms with Crippen LogP contribution in [0.2, 0.25) is 0 Å². The molecule has 0 aromatic carbocycles. The van der Waals surface area contributed by atoms with E-state index in [2.05, 4.69) is 15.3 Å². The topological polar surface area (TPSA) is 86.1 Å². The molecule has 1 amide bonds. The average molecular weight is 358 g/mol. The van der Waals surface area contributed by atoms with Crippen LogP contribution in [0.5, 0.6) is 0 Å². The number of ether oxygens (including phenoxy) is 1. The predicted molar refractivity (Wildman–Crippen MR) is 97.4 cm³/mol. The summed E-state index contributed by atoms with van der Waals surface area (Å²) in [5, 5.41) is 3.25. The van der Waals surface area contributed by atoms with Crippen molar-refractivity contribution in [1.29, 1.82) is 0 Å². The summed E-state index contributed by atoms with van der Waals surface area (Å²) in [4.78, 5) is 34.8. The first-order valence-corrected chi connectivity index (χ1v) is 8.55. The number of fused-ring (bicyclic) bond motifs is 1. The van der Waals surface area contributed by atoms with E-state index in [1.165, 1.54) is 22.2 Å². The van der Waals surface area contributed by atoms with Crippen LogP contribution in [0.4, 0.5) is 5.82 Å². The number of hydrogen-bond acceptors (Lipinski definition) is 6. The van der Waals surface area contributed by atoms with Crippen LogP contribution in [-0.2, 0) is 11.3 Å². The zero-order chi connectivity index (χ0) is 18.0. The molecule has 3 heterocycles. The zero-order valence-electron chi connectivity index (χ0n) is 14.2. The largest absolute Gasteiger partial charge is 0.383 e. The van der Waals surface area contributed by atoms with Gasteiger partial charge in [0.05, 0.1) is 29.7 Å². The molecule has 7 nitrogen and oxygen atoms in total. The Hall–Kier alpha value is -2.58. The molecule has 0 bridgehead atoms. The first kappa shape index (κ1) is 17.2. The number of nitrogens with one attached hydrogen (secondary N) is 1. The van der Waals surface area contributed by atoms with Gasteiger partial charge in [-0.3, -0.25) is 14.2 Å². The Kier molecular flexibility index (Phi) is 4.91. The predicted octanol–water partition coefficient (Wildman–Crippen LogP) is 2.37. The van der Waals surface area contributed by atoms with Crippen molar-refractivity contribution < 1.29 is 9.53 Å². The Morgan fingerprint density at radius 2 is 2.16 bits per heavy atom. The van der Waals surface area contributed by atoms with E-state index in [4.69, 9.17) is 4.74 Å². The fraction of sp³-hybridized carbons (Fsp3) is 0.294. The number of carbonyl (C=O) groups excluding carboxylic acids is 1. The number of rotatable bonds is 5. The van der Waals surface area contributed by atoms with Crippen molar-refractivity contribution in [3.63, 3.8) is 0 Å². The van der Waals surface area contributed by atoms with E-state index < -0.39 is 0 Å². The van der Waals surface area contributed by atoms with E-state index in [1.807, 2.05) is 19.1 Å². The van der Waals surface area contributed by atoms with Crippen LogP contribution in [0.15, 0.2) is 29.3 Å². The van der Waals surface area contributed by atoms with Gasteiger partial charge in [0.1, 0.15) is 10.6 Å². The summed E-state index contributed by atoms with van der Waals surface area (Å²) >= 11 is 1.21. The Morgan fingerprint density at radius 3 is 2.88 bits per heavy atom. The van der Waals surface area contributed by atoms with E-state index >= 15 is 0 Å². The van der Waals surface area contributed by atoms with Crippen molar-refractivity contribution >= 4 is 33.3 Å². The maximum Gasteiger partial charge on any atom is 0.267 e. The van der Waals surface area contributed by atoms with E-state index in [9.17, 15) is 9.59 Å². The molecule has 1 N–H and O–H groups in total. The van der Waals surface area contributed by atoms with Gasteiger partial charge in [0.2, 0.25) is 0 Å². The number of aromatic nitrogens is 3. The standard InChI is InChI=1S/C17H18N4O3S/c1-10-5-4-6-12(19-10)20-15(22)14-11(2)13-16(25-14)18-9-21(17(13)23)7-8-24-3/h4-6,9H,7-8H2,1-3H3,(H,19,20,22). The van der Waals surface area contributed by atoms with Gasteiger partial charge in [0.15, 0.2) is 0 Å². The van der Waals surface area contributed by atoms with Crippen LogP contribution in [0, 0.1) is 13.8 Å². The highest BCUT2D eigenvalue weighted by molar-refractivity contribution is 7.20. The Labute approximate surface area is 148 Å². The van der Waals surface area contributed by atoms with Crippen LogP contribution >= 0.6 is 11.3 Å². The molecule has 0 aliphatic heterocycles. The van der Waals surface area contributed by atoms with Gasteiger partial charge in [-0.15, -0.1) is 11.3 Å². The van der Waals surface area contributed by atoms with E-state index in [1.54, 1.807) is 20.1 Å². The second-order valence-electron chi connectivity index (χ2n) is 5.59. The Morgan fingerprint density at radius 1 is 1.36 bits per heavy atom. The Bertz CT molecular complexity index is 993. The lowest BCUT2D eigenvalue weighted by Gasteiger charge is -2.05. The summed E-state index contributed by atoms with van der Waals surface area (Å²) in [6.45, 7) is 4.46. The first-order chi connectivity index (χ1) is 12.0.